The lowest BCUT2D eigenvalue weighted by Gasteiger charge is -2.35. The fourth-order valence-electron chi connectivity index (χ4n) is 3.76. The maximum atomic E-state index is 12.5. The number of amides is 3. The highest BCUT2D eigenvalue weighted by molar-refractivity contribution is 6.30. The van der Waals surface area contributed by atoms with Crippen molar-refractivity contribution in [3.05, 3.63) is 40.9 Å². The van der Waals surface area contributed by atoms with E-state index in [1.807, 2.05) is 21.9 Å². The van der Waals surface area contributed by atoms with Gasteiger partial charge in [0.1, 0.15) is 0 Å². The first-order valence-corrected chi connectivity index (χ1v) is 10.8. The van der Waals surface area contributed by atoms with Crippen molar-refractivity contribution in [1.29, 1.82) is 0 Å². The normalized spacial score (nSPS) is 18.7. The zero-order valence-corrected chi connectivity index (χ0v) is 18.2. The number of carbonyl (C=O) groups is 3. The first-order valence-electron chi connectivity index (χ1n) is 10.4. The third kappa shape index (κ3) is 6.31. The molecule has 1 aromatic rings. The molecule has 0 bridgehead atoms. The first kappa shape index (κ1) is 22.3. The van der Waals surface area contributed by atoms with Crippen molar-refractivity contribution in [3.63, 3.8) is 0 Å². The Bertz CT molecular complexity index is 805. The number of hydrogen-bond acceptors (Lipinski definition) is 4. The summed E-state index contributed by atoms with van der Waals surface area (Å²) in [5.74, 6) is 0.114. The number of rotatable bonds is 5. The molecule has 0 saturated carbocycles. The second-order valence-corrected chi connectivity index (χ2v) is 8.13. The van der Waals surface area contributed by atoms with E-state index in [0.29, 0.717) is 37.6 Å². The molecular formula is C22H29ClN4O3. The molecule has 162 valence electrons. The van der Waals surface area contributed by atoms with Crippen LogP contribution in [0.1, 0.15) is 18.9 Å². The van der Waals surface area contributed by atoms with Crippen molar-refractivity contribution in [1.82, 2.24) is 19.6 Å². The second-order valence-electron chi connectivity index (χ2n) is 7.69. The van der Waals surface area contributed by atoms with Gasteiger partial charge in [-0.2, -0.15) is 0 Å². The van der Waals surface area contributed by atoms with Gasteiger partial charge in [-0.05, 0) is 23.8 Å². The number of hydrogen-bond donors (Lipinski definition) is 0. The van der Waals surface area contributed by atoms with Crippen LogP contribution < -0.4 is 0 Å². The molecule has 2 saturated heterocycles. The van der Waals surface area contributed by atoms with Crippen LogP contribution in [0.3, 0.4) is 0 Å². The Balaban J connectivity index is 1.46. The van der Waals surface area contributed by atoms with Crippen molar-refractivity contribution < 1.29 is 14.4 Å². The van der Waals surface area contributed by atoms with Crippen LogP contribution in [0.25, 0.3) is 6.08 Å². The van der Waals surface area contributed by atoms with Crippen LogP contribution in [0.2, 0.25) is 5.02 Å². The Kier molecular flexibility index (Phi) is 7.87. The van der Waals surface area contributed by atoms with E-state index in [-0.39, 0.29) is 17.7 Å². The van der Waals surface area contributed by atoms with E-state index < -0.39 is 0 Å². The molecule has 0 N–H and O–H groups in total. The van der Waals surface area contributed by atoms with Gasteiger partial charge in [-0.3, -0.25) is 19.3 Å². The van der Waals surface area contributed by atoms with Crippen molar-refractivity contribution in [3.8, 4) is 0 Å². The van der Waals surface area contributed by atoms with E-state index in [1.54, 1.807) is 36.1 Å². The summed E-state index contributed by atoms with van der Waals surface area (Å²) in [6, 6.07) is 7.32. The Morgan fingerprint density at radius 1 is 1.00 bits per heavy atom. The maximum absolute atomic E-state index is 12.5. The van der Waals surface area contributed by atoms with Gasteiger partial charge in [-0.1, -0.05) is 23.7 Å². The molecule has 0 atom stereocenters. The molecule has 0 spiro atoms. The summed E-state index contributed by atoms with van der Waals surface area (Å²) in [5.41, 5.74) is 0.869. The lowest BCUT2D eigenvalue weighted by Crippen LogP contribution is -2.50. The van der Waals surface area contributed by atoms with Gasteiger partial charge in [-0.25, -0.2) is 0 Å². The van der Waals surface area contributed by atoms with Gasteiger partial charge in [0.05, 0.1) is 0 Å². The molecule has 7 nitrogen and oxygen atoms in total. The lowest BCUT2D eigenvalue weighted by atomic mass is 10.2. The van der Waals surface area contributed by atoms with E-state index in [0.717, 1.165) is 38.3 Å². The van der Waals surface area contributed by atoms with Crippen molar-refractivity contribution in [2.75, 3.05) is 58.9 Å². The summed E-state index contributed by atoms with van der Waals surface area (Å²) in [5, 5.41) is 0.628. The third-order valence-corrected chi connectivity index (χ3v) is 5.91. The quantitative estimate of drug-likeness (QED) is 0.663. The molecule has 0 radical (unpaired) electrons. The van der Waals surface area contributed by atoms with E-state index in [9.17, 15) is 14.4 Å². The molecule has 0 unspecified atom stereocenters. The monoisotopic (exact) mass is 432 g/mol. The number of halogens is 1. The van der Waals surface area contributed by atoms with Crippen LogP contribution in [0.15, 0.2) is 30.3 Å². The highest BCUT2D eigenvalue weighted by Gasteiger charge is 2.24. The average Bonchev–Trinajstić information content (AvgIpc) is 2.92. The van der Waals surface area contributed by atoms with Gasteiger partial charge in [0, 0.05) is 83.3 Å². The molecule has 2 fully saturated rings. The molecule has 1 aromatic carbocycles. The van der Waals surface area contributed by atoms with Crippen LogP contribution in [0.4, 0.5) is 0 Å². The molecule has 8 heteroatoms. The molecule has 3 amide bonds. The molecule has 2 aliphatic heterocycles. The number of benzene rings is 1. The van der Waals surface area contributed by atoms with Crippen molar-refractivity contribution in [2.45, 2.75) is 13.3 Å². The maximum Gasteiger partial charge on any atom is 0.246 e. The predicted octanol–water partition coefficient (Wildman–Crippen LogP) is 1.58. The van der Waals surface area contributed by atoms with Crippen molar-refractivity contribution in [2.24, 2.45) is 0 Å². The minimum Gasteiger partial charge on any atom is -0.340 e. The zero-order valence-electron chi connectivity index (χ0n) is 17.4. The fraction of sp³-hybridized carbons (Fsp3) is 0.500. The first-order chi connectivity index (χ1) is 14.4. The minimum absolute atomic E-state index is 0.0893. The summed E-state index contributed by atoms with van der Waals surface area (Å²) >= 11 is 5.98. The highest BCUT2D eigenvalue weighted by Crippen LogP contribution is 2.13. The van der Waals surface area contributed by atoms with Crippen LogP contribution in [-0.4, -0.2) is 96.2 Å². The molecular weight excluding hydrogens is 404 g/mol. The van der Waals surface area contributed by atoms with E-state index in [2.05, 4.69) is 4.90 Å². The van der Waals surface area contributed by atoms with Crippen molar-refractivity contribution >= 4 is 35.4 Å². The molecule has 30 heavy (non-hydrogen) atoms. The standard InChI is InChI=1S/C22H29ClN4O3/c1-18(28)25-12-9-24(10-13-25)11-14-27-16-15-26(8-7-22(27)30)21(29)6-5-19-3-2-4-20(23)17-19/h2-6,17H,7-16H2,1H3/b6-5+. The Hall–Kier alpha value is -2.38. The molecule has 2 aliphatic rings. The Labute approximate surface area is 182 Å². The minimum atomic E-state index is -0.0926. The fourth-order valence-corrected chi connectivity index (χ4v) is 3.95. The number of carbonyl (C=O) groups excluding carboxylic acids is 3. The van der Waals surface area contributed by atoms with Gasteiger partial charge < -0.3 is 14.7 Å². The van der Waals surface area contributed by atoms with E-state index >= 15 is 0 Å². The molecule has 0 aliphatic carbocycles. The van der Waals surface area contributed by atoms with Crippen LogP contribution in [0, 0.1) is 0 Å². The van der Waals surface area contributed by atoms with Gasteiger partial charge in [0.2, 0.25) is 17.7 Å². The molecule has 2 heterocycles. The molecule has 0 aromatic heterocycles. The highest BCUT2D eigenvalue weighted by atomic mass is 35.5. The summed E-state index contributed by atoms with van der Waals surface area (Å²) in [6.45, 7) is 7.70. The summed E-state index contributed by atoms with van der Waals surface area (Å²) in [7, 11) is 0. The summed E-state index contributed by atoms with van der Waals surface area (Å²) < 4.78 is 0. The lowest BCUT2D eigenvalue weighted by molar-refractivity contribution is -0.131. The van der Waals surface area contributed by atoms with Gasteiger partial charge in [-0.15, -0.1) is 0 Å². The van der Waals surface area contributed by atoms with Gasteiger partial charge in [0.25, 0.3) is 0 Å². The smallest absolute Gasteiger partial charge is 0.246 e. The third-order valence-electron chi connectivity index (χ3n) is 5.67. The average molecular weight is 433 g/mol. The SMILES string of the molecule is CC(=O)N1CCN(CCN2CCN(C(=O)/C=C/c3cccc(Cl)c3)CCC2=O)CC1. The van der Waals surface area contributed by atoms with E-state index in [4.69, 9.17) is 11.6 Å². The summed E-state index contributed by atoms with van der Waals surface area (Å²) in [4.78, 5) is 44.2. The zero-order chi connectivity index (χ0) is 21.5. The summed E-state index contributed by atoms with van der Waals surface area (Å²) in [6.07, 6.45) is 3.63. The molecule has 3 rings (SSSR count). The number of piperazine rings is 1. The Morgan fingerprint density at radius 3 is 2.43 bits per heavy atom. The van der Waals surface area contributed by atoms with Gasteiger partial charge in [0.15, 0.2) is 0 Å². The second kappa shape index (κ2) is 10.6. The van der Waals surface area contributed by atoms with E-state index in [1.165, 1.54) is 0 Å². The predicted molar refractivity (Wildman–Crippen MR) is 117 cm³/mol. The Morgan fingerprint density at radius 2 is 1.73 bits per heavy atom. The van der Waals surface area contributed by atoms with Crippen LogP contribution >= 0.6 is 11.6 Å². The number of nitrogens with zero attached hydrogens (tertiary/aromatic N) is 4. The largest absolute Gasteiger partial charge is 0.340 e. The van der Waals surface area contributed by atoms with Crippen LogP contribution in [-0.2, 0) is 14.4 Å². The topological polar surface area (TPSA) is 64.2 Å². The van der Waals surface area contributed by atoms with Crippen LogP contribution in [0.5, 0.6) is 0 Å². The van der Waals surface area contributed by atoms with Gasteiger partial charge >= 0.3 is 0 Å².